The number of nitro groups is 1. The van der Waals surface area contributed by atoms with E-state index < -0.39 is 4.92 Å². The summed E-state index contributed by atoms with van der Waals surface area (Å²) in [5.41, 5.74) is -0.192. The molecule has 1 amide bonds. The van der Waals surface area contributed by atoms with Gasteiger partial charge < -0.3 is 4.90 Å². The molecular weight excluding hydrogens is 303 g/mol. The normalized spacial score (nSPS) is 22.6. The van der Waals surface area contributed by atoms with Crippen molar-refractivity contribution in [2.24, 2.45) is 5.92 Å². The minimum Gasteiger partial charge on any atom is -0.338 e. The van der Waals surface area contributed by atoms with Gasteiger partial charge >= 0.3 is 0 Å². The first-order chi connectivity index (χ1) is 9.40. The molecule has 1 aromatic rings. The van der Waals surface area contributed by atoms with Gasteiger partial charge in [-0.1, -0.05) is 18.5 Å². The number of nitrogens with zero attached hydrogens (tertiary/aromatic N) is 2. The number of amides is 1. The Morgan fingerprint density at radius 2 is 2.20 bits per heavy atom. The van der Waals surface area contributed by atoms with Crippen molar-refractivity contribution >= 4 is 34.8 Å². The van der Waals surface area contributed by atoms with Crippen LogP contribution < -0.4 is 0 Å². The summed E-state index contributed by atoms with van der Waals surface area (Å²) in [4.78, 5) is 24.5. The number of halogens is 2. The number of hydrogen-bond donors (Lipinski definition) is 0. The van der Waals surface area contributed by atoms with Crippen LogP contribution in [-0.2, 0) is 0 Å². The van der Waals surface area contributed by atoms with Crippen molar-refractivity contribution < 1.29 is 9.72 Å². The third-order valence-corrected chi connectivity index (χ3v) is 4.36. The summed E-state index contributed by atoms with van der Waals surface area (Å²) in [6.07, 6.45) is 0.690. The molecule has 2 rings (SSSR count). The Morgan fingerprint density at radius 1 is 1.50 bits per heavy atom. The second-order valence-corrected chi connectivity index (χ2v) is 5.95. The average Bonchev–Trinajstić information content (AvgIpc) is 2.41. The molecule has 0 aromatic heterocycles. The van der Waals surface area contributed by atoms with Gasteiger partial charge in [-0.05, 0) is 24.5 Å². The zero-order chi connectivity index (χ0) is 14.9. The summed E-state index contributed by atoms with van der Waals surface area (Å²) < 4.78 is 0. The highest BCUT2D eigenvalue weighted by atomic mass is 35.5. The highest BCUT2D eigenvalue weighted by molar-refractivity contribution is 6.31. The molecule has 5 nitrogen and oxygen atoms in total. The molecule has 108 valence electrons. The summed E-state index contributed by atoms with van der Waals surface area (Å²) in [7, 11) is 0. The summed E-state index contributed by atoms with van der Waals surface area (Å²) in [5.74, 6) is -0.176. The van der Waals surface area contributed by atoms with Crippen molar-refractivity contribution in [1.82, 2.24) is 4.90 Å². The van der Waals surface area contributed by atoms with E-state index in [9.17, 15) is 14.9 Å². The van der Waals surface area contributed by atoms with Crippen LogP contribution in [0.3, 0.4) is 0 Å². The van der Waals surface area contributed by atoms with Gasteiger partial charge in [-0.25, -0.2) is 0 Å². The molecule has 1 fully saturated rings. The number of benzene rings is 1. The van der Waals surface area contributed by atoms with Gasteiger partial charge in [0.1, 0.15) is 5.56 Å². The molecule has 0 aliphatic carbocycles. The zero-order valence-electron chi connectivity index (χ0n) is 10.9. The quantitative estimate of drug-likeness (QED) is 0.477. The minimum atomic E-state index is -0.586. The maximum atomic E-state index is 12.4. The van der Waals surface area contributed by atoms with Gasteiger partial charge in [-0.2, -0.15) is 0 Å². The molecule has 7 heteroatoms. The van der Waals surface area contributed by atoms with Gasteiger partial charge in [0, 0.05) is 29.6 Å². The van der Waals surface area contributed by atoms with Gasteiger partial charge in [-0.15, -0.1) is 11.6 Å². The first-order valence-electron chi connectivity index (χ1n) is 6.27. The Morgan fingerprint density at radius 3 is 2.80 bits per heavy atom. The van der Waals surface area contributed by atoms with Crippen molar-refractivity contribution in [2.45, 2.75) is 18.7 Å². The van der Waals surface area contributed by atoms with Crippen LogP contribution in [0.15, 0.2) is 18.2 Å². The molecule has 0 radical (unpaired) electrons. The molecule has 0 spiro atoms. The number of nitro benzene ring substituents is 1. The number of carbonyl (C=O) groups is 1. The molecule has 0 N–H and O–H groups in total. The zero-order valence-corrected chi connectivity index (χ0v) is 12.4. The Bertz CT molecular complexity index is 550. The molecule has 1 aromatic carbocycles. The number of piperidine rings is 1. The van der Waals surface area contributed by atoms with E-state index in [0.717, 1.165) is 0 Å². The molecule has 0 saturated carbocycles. The summed E-state index contributed by atoms with van der Waals surface area (Å²) in [6.45, 7) is 2.98. The van der Waals surface area contributed by atoms with Crippen LogP contribution in [0.5, 0.6) is 0 Å². The van der Waals surface area contributed by atoms with E-state index in [1.54, 1.807) is 4.90 Å². The van der Waals surface area contributed by atoms with E-state index >= 15 is 0 Å². The lowest BCUT2D eigenvalue weighted by molar-refractivity contribution is -0.385. The van der Waals surface area contributed by atoms with Crippen LogP contribution in [0, 0.1) is 16.0 Å². The fourth-order valence-electron chi connectivity index (χ4n) is 2.31. The Kier molecular flexibility index (Phi) is 4.50. The van der Waals surface area contributed by atoms with Crippen molar-refractivity contribution in [1.29, 1.82) is 0 Å². The number of rotatable bonds is 2. The maximum absolute atomic E-state index is 12.4. The number of carbonyl (C=O) groups excluding carboxylic acids is 1. The van der Waals surface area contributed by atoms with Gasteiger partial charge in [0.2, 0.25) is 0 Å². The van der Waals surface area contributed by atoms with Crippen molar-refractivity contribution in [2.75, 3.05) is 13.1 Å². The van der Waals surface area contributed by atoms with Crippen LogP contribution in [0.4, 0.5) is 5.69 Å². The minimum absolute atomic E-state index is 0.0410. The van der Waals surface area contributed by atoms with Gasteiger partial charge in [-0.3, -0.25) is 14.9 Å². The lowest BCUT2D eigenvalue weighted by Gasteiger charge is -2.34. The molecule has 2 atom stereocenters. The highest BCUT2D eigenvalue weighted by Crippen LogP contribution is 2.27. The Labute approximate surface area is 126 Å². The molecule has 1 heterocycles. The summed E-state index contributed by atoms with van der Waals surface area (Å²) >= 11 is 11.9. The SMILES string of the molecule is CC1CN(C(=O)c2ccc(Cl)cc2[N+](=O)[O-])CCC1Cl. The summed E-state index contributed by atoms with van der Waals surface area (Å²) in [6, 6.07) is 4.09. The standard InChI is InChI=1S/C13H14Cl2N2O3/c1-8-7-16(5-4-11(8)15)13(18)10-3-2-9(14)6-12(10)17(19)20/h2-3,6,8,11H,4-5,7H2,1H3. The topological polar surface area (TPSA) is 63.5 Å². The first-order valence-corrected chi connectivity index (χ1v) is 7.09. The van der Waals surface area contributed by atoms with E-state index in [4.69, 9.17) is 23.2 Å². The van der Waals surface area contributed by atoms with E-state index in [0.29, 0.717) is 19.5 Å². The highest BCUT2D eigenvalue weighted by Gasteiger charge is 2.31. The molecule has 2 unspecified atom stereocenters. The average molecular weight is 317 g/mol. The molecule has 1 aliphatic heterocycles. The fraction of sp³-hybridized carbons (Fsp3) is 0.462. The van der Waals surface area contributed by atoms with Crippen LogP contribution in [-0.4, -0.2) is 34.2 Å². The second kappa shape index (κ2) is 5.97. The van der Waals surface area contributed by atoms with Crippen LogP contribution >= 0.6 is 23.2 Å². The fourth-order valence-corrected chi connectivity index (χ4v) is 2.65. The lowest BCUT2D eigenvalue weighted by Crippen LogP contribution is -2.43. The van der Waals surface area contributed by atoms with Crippen LogP contribution in [0.2, 0.25) is 5.02 Å². The van der Waals surface area contributed by atoms with Gasteiger partial charge in [0.05, 0.1) is 4.92 Å². The smallest absolute Gasteiger partial charge is 0.283 e. The molecule has 0 bridgehead atoms. The first kappa shape index (κ1) is 15.1. The molecule has 1 saturated heterocycles. The monoisotopic (exact) mass is 316 g/mol. The molecular formula is C13H14Cl2N2O3. The number of hydrogen-bond acceptors (Lipinski definition) is 3. The Balaban J connectivity index is 2.27. The predicted octanol–water partition coefficient (Wildman–Crippen LogP) is 3.34. The van der Waals surface area contributed by atoms with Crippen molar-refractivity contribution in [3.8, 4) is 0 Å². The van der Waals surface area contributed by atoms with E-state index in [2.05, 4.69) is 0 Å². The van der Waals surface area contributed by atoms with Gasteiger partial charge in [0.25, 0.3) is 11.6 Å². The van der Waals surface area contributed by atoms with E-state index in [-0.39, 0.29) is 33.5 Å². The van der Waals surface area contributed by atoms with Crippen molar-refractivity contribution in [3.63, 3.8) is 0 Å². The van der Waals surface area contributed by atoms with Crippen molar-refractivity contribution in [3.05, 3.63) is 38.9 Å². The number of alkyl halides is 1. The summed E-state index contributed by atoms with van der Waals surface area (Å²) in [5, 5.41) is 11.3. The Hall–Kier alpha value is -1.33. The third kappa shape index (κ3) is 3.04. The second-order valence-electron chi connectivity index (χ2n) is 4.95. The third-order valence-electron chi connectivity index (χ3n) is 3.47. The largest absolute Gasteiger partial charge is 0.338 e. The number of likely N-dealkylation sites (tertiary alicyclic amines) is 1. The molecule has 20 heavy (non-hydrogen) atoms. The lowest BCUT2D eigenvalue weighted by atomic mass is 9.98. The van der Waals surface area contributed by atoms with E-state index in [1.807, 2.05) is 6.92 Å². The van der Waals surface area contributed by atoms with E-state index in [1.165, 1.54) is 18.2 Å². The van der Waals surface area contributed by atoms with Crippen LogP contribution in [0.1, 0.15) is 23.7 Å². The molecule has 1 aliphatic rings. The van der Waals surface area contributed by atoms with Crippen LogP contribution in [0.25, 0.3) is 0 Å². The predicted molar refractivity (Wildman–Crippen MR) is 77.4 cm³/mol. The van der Waals surface area contributed by atoms with Gasteiger partial charge in [0.15, 0.2) is 0 Å². The maximum Gasteiger partial charge on any atom is 0.283 e.